The van der Waals surface area contributed by atoms with E-state index in [2.05, 4.69) is 21.8 Å². The van der Waals surface area contributed by atoms with Crippen LogP contribution in [0, 0.1) is 0 Å². The fraction of sp³-hybridized carbons (Fsp3) is 0.769. The zero-order chi connectivity index (χ0) is 11.2. The summed E-state index contributed by atoms with van der Waals surface area (Å²) >= 11 is 0. The van der Waals surface area contributed by atoms with Crippen molar-refractivity contribution < 1.29 is 0 Å². The molecule has 0 spiro atoms. The Morgan fingerprint density at radius 1 is 1.38 bits per heavy atom. The molecular weight excluding hydrogens is 198 g/mol. The Balaban J connectivity index is 1.94. The van der Waals surface area contributed by atoms with Crippen LogP contribution >= 0.6 is 0 Å². The van der Waals surface area contributed by atoms with Crippen LogP contribution in [0.25, 0.3) is 0 Å². The van der Waals surface area contributed by atoms with Gasteiger partial charge in [0.1, 0.15) is 0 Å². The molecule has 3 nitrogen and oxygen atoms in total. The molecule has 0 amide bonds. The Morgan fingerprint density at radius 3 is 2.94 bits per heavy atom. The van der Waals surface area contributed by atoms with E-state index in [0.717, 1.165) is 13.1 Å². The first-order valence-corrected chi connectivity index (χ1v) is 6.63. The highest BCUT2D eigenvalue weighted by Gasteiger charge is 2.16. The molecule has 0 aliphatic heterocycles. The monoisotopic (exact) mass is 221 g/mol. The van der Waals surface area contributed by atoms with Crippen LogP contribution in [0.4, 0.5) is 0 Å². The van der Waals surface area contributed by atoms with E-state index in [1.165, 1.54) is 44.2 Å². The molecule has 0 saturated heterocycles. The van der Waals surface area contributed by atoms with Crippen LogP contribution in [0.15, 0.2) is 12.5 Å². The fourth-order valence-electron chi connectivity index (χ4n) is 2.55. The number of nitrogens with zero attached hydrogens (tertiary/aromatic N) is 2. The molecule has 1 aromatic rings. The summed E-state index contributed by atoms with van der Waals surface area (Å²) in [6, 6.07) is 0.703. The second-order valence-electron chi connectivity index (χ2n) is 4.76. The van der Waals surface area contributed by atoms with Crippen molar-refractivity contribution in [1.82, 2.24) is 14.9 Å². The van der Waals surface area contributed by atoms with Crippen LogP contribution in [0.3, 0.4) is 0 Å². The number of nitrogens with one attached hydrogen (secondary N) is 1. The molecule has 0 bridgehead atoms. The van der Waals surface area contributed by atoms with Crippen LogP contribution in [-0.2, 0) is 6.54 Å². The largest absolute Gasteiger partial charge is 0.330 e. The van der Waals surface area contributed by atoms with Crippen molar-refractivity contribution in [2.45, 2.75) is 58.0 Å². The van der Waals surface area contributed by atoms with Crippen LogP contribution in [0.2, 0.25) is 0 Å². The van der Waals surface area contributed by atoms with Crippen molar-refractivity contribution in [2.24, 2.45) is 0 Å². The minimum Gasteiger partial charge on any atom is -0.330 e. The lowest BCUT2D eigenvalue weighted by Crippen LogP contribution is -2.20. The van der Waals surface area contributed by atoms with Crippen LogP contribution in [0.1, 0.15) is 57.2 Å². The molecule has 3 heteroatoms. The minimum absolute atomic E-state index is 0.703. The van der Waals surface area contributed by atoms with E-state index in [1.54, 1.807) is 0 Å². The topological polar surface area (TPSA) is 29.9 Å². The van der Waals surface area contributed by atoms with Crippen molar-refractivity contribution in [3.8, 4) is 0 Å². The molecule has 1 aromatic heterocycles. The number of hydrogen-bond donors (Lipinski definition) is 1. The molecule has 2 rings (SSSR count). The van der Waals surface area contributed by atoms with Gasteiger partial charge in [0.25, 0.3) is 0 Å². The molecule has 0 radical (unpaired) electrons. The maximum atomic E-state index is 4.30. The first-order chi connectivity index (χ1) is 7.92. The predicted octanol–water partition coefficient (Wildman–Crippen LogP) is 2.89. The SMILES string of the molecule is CCCNCc1cncn1C1CCCCC1. The van der Waals surface area contributed by atoms with Gasteiger partial charge in [0, 0.05) is 18.8 Å². The first-order valence-electron chi connectivity index (χ1n) is 6.63. The van der Waals surface area contributed by atoms with Gasteiger partial charge in [-0.2, -0.15) is 0 Å². The average Bonchev–Trinajstić information content (AvgIpc) is 2.79. The van der Waals surface area contributed by atoms with E-state index in [0.29, 0.717) is 6.04 Å². The number of hydrogen-bond acceptors (Lipinski definition) is 2. The van der Waals surface area contributed by atoms with Gasteiger partial charge in [0.2, 0.25) is 0 Å². The summed E-state index contributed by atoms with van der Waals surface area (Å²) in [6.07, 6.45) is 12.0. The van der Waals surface area contributed by atoms with Gasteiger partial charge < -0.3 is 9.88 Å². The summed E-state index contributed by atoms with van der Waals surface area (Å²) in [5.74, 6) is 0. The zero-order valence-electron chi connectivity index (χ0n) is 10.3. The van der Waals surface area contributed by atoms with Crippen molar-refractivity contribution in [3.05, 3.63) is 18.2 Å². The molecule has 0 atom stereocenters. The van der Waals surface area contributed by atoms with Crippen LogP contribution in [-0.4, -0.2) is 16.1 Å². The van der Waals surface area contributed by atoms with E-state index >= 15 is 0 Å². The molecule has 1 aliphatic carbocycles. The third-order valence-corrected chi connectivity index (χ3v) is 3.45. The van der Waals surface area contributed by atoms with Crippen molar-refractivity contribution in [2.75, 3.05) is 6.54 Å². The standard InChI is InChI=1S/C13H23N3/c1-2-8-14-9-13-10-15-11-16(13)12-6-4-3-5-7-12/h10-12,14H,2-9H2,1H3. The highest BCUT2D eigenvalue weighted by atomic mass is 15.1. The normalized spacial score (nSPS) is 17.8. The lowest BCUT2D eigenvalue weighted by Gasteiger charge is -2.24. The van der Waals surface area contributed by atoms with E-state index in [-0.39, 0.29) is 0 Å². The third kappa shape index (κ3) is 2.85. The molecule has 90 valence electrons. The summed E-state index contributed by atoms with van der Waals surface area (Å²) < 4.78 is 2.39. The molecule has 1 aliphatic rings. The predicted molar refractivity (Wildman–Crippen MR) is 66.3 cm³/mol. The number of aromatic nitrogens is 2. The van der Waals surface area contributed by atoms with Gasteiger partial charge in [-0.1, -0.05) is 26.2 Å². The summed E-state index contributed by atoms with van der Waals surface area (Å²) in [5.41, 5.74) is 1.35. The van der Waals surface area contributed by atoms with E-state index in [9.17, 15) is 0 Å². The Kier molecular flexibility index (Phi) is 4.40. The van der Waals surface area contributed by atoms with Gasteiger partial charge in [0.15, 0.2) is 0 Å². The zero-order valence-corrected chi connectivity index (χ0v) is 10.3. The van der Waals surface area contributed by atoms with Gasteiger partial charge in [-0.15, -0.1) is 0 Å². The van der Waals surface area contributed by atoms with Gasteiger partial charge in [-0.25, -0.2) is 4.98 Å². The second kappa shape index (κ2) is 6.04. The highest BCUT2D eigenvalue weighted by molar-refractivity contribution is 5.00. The van der Waals surface area contributed by atoms with Gasteiger partial charge >= 0.3 is 0 Å². The molecular formula is C13H23N3. The van der Waals surface area contributed by atoms with Gasteiger partial charge in [-0.05, 0) is 25.8 Å². The van der Waals surface area contributed by atoms with Crippen molar-refractivity contribution >= 4 is 0 Å². The van der Waals surface area contributed by atoms with Crippen molar-refractivity contribution in [1.29, 1.82) is 0 Å². The fourth-order valence-corrected chi connectivity index (χ4v) is 2.55. The molecule has 0 unspecified atom stereocenters. The lowest BCUT2D eigenvalue weighted by atomic mass is 9.95. The summed E-state index contributed by atoms with van der Waals surface area (Å²) in [6.45, 7) is 4.26. The van der Waals surface area contributed by atoms with Crippen molar-refractivity contribution in [3.63, 3.8) is 0 Å². The molecule has 1 heterocycles. The molecule has 1 N–H and O–H groups in total. The first kappa shape index (κ1) is 11.6. The third-order valence-electron chi connectivity index (χ3n) is 3.45. The van der Waals surface area contributed by atoms with E-state index in [1.807, 2.05) is 12.5 Å². The quantitative estimate of drug-likeness (QED) is 0.775. The Hall–Kier alpha value is -0.830. The lowest BCUT2D eigenvalue weighted by molar-refractivity contribution is 0.344. The Morgan fingerprint density at radius 2 is 2.19 bits per heavy atom. The maximum absolute atomic E-state index is 4.30. The summed E-state index contributed by atoms with van der Waals surface area (Å²) in [4.78, 5) is 4.30. The molecule has 16 heavy (non-hydrogen) atoms. The Bertz CT molecular complexity index is 300. The second-order valence-corrected chi connectivity index (χ2v) is 4.76. The summed E-state index contributed by atoms with van der Waals surface area (Å²) in [5, 5.41) is 3.46. The van der Waals surface area contributed by atoms with E-state index < -0.39 is 0 Å². The number of imidazole rings is 1. The van der Waals surface area contributed by atoms with E-state index in [4.69, 9.17) is 0 Å². The van der Waals surface area contributed by atoms with Gasteiger partial charge in [-0.3, -0.25) is 0 Å². The molecule has 1 saturated carbocycles. The summed E-state index contributed by atoms with van der Waals surface area (Å²) in [7, 11) is 0. The van der Waals surface area contributed by atoms with Crippen LogP contribution in [0.5, 0.6) is 0 Å². The maximum Gasteiger partial charge on any atom is 0.0951 e. The molecule has 0 aromatic carbocycles. The highest BCUT2D eigenvalue weighted by Crippen LogP contribution is 2.28. The number of rotatable bonds is 5. The average molecular weight is 221 g/mol. The smallest absolute Gasteiger partial charge is 0.0951 e. The van der Waals surface area contributed by atoms with Gasteiger partial charge in [0.05, 0.1) is 12.0 Å². The Labute approximate surface area is 98.3 Å². The minimum atomic E-state index is 0.703. The van der Waals surface area contributed by atoms with Crippen LogP contribution < -0.4 is 5.32 Å². The molecule has 1 fully saturated rings.